The molecule has 0 saturated heterocycles. The minimum absolute atomic E-state index is 0.128. The van der Waals surface area contributed by atoms with Crippen molar-refractivity contribution in [3.63, 3.8) is 0 Å². The second kappa shape index (κ2) is 12.1. The monoisotopic (exact) mass is 548 g/mol. The molecule has 0 radical (unpaired) electrons. The maximum absolute atomic E-state index is 13.8. The van der Waals surface area contributed by atoms with E-state index in [0.717, 1.165) is 59.0 Å². The first-order chi connectivity index (χ1) is 20.1. The Morgan fingerprint density at radius 2 is 1.71 bits per heavy atom. The molecule has 6 rings (SSSR count). The maximum atomic E-state index is 13.8. The van der Waals surface area contributed by atoms with Crippen molar-refractivity contribution in [3.8, 4) is 5.75 Å². The molecule has 0 amide bonds. The van der Waals surface area contributed by atoms with Crippen LogP contribution in [0.4, 0.5) is 0 Å². The van der Waals surface area contributed by atoms with Gasteiger partial charge in [0.1, 0.15) is 11.8 Å². The van der Waals surface area contributed by atoms with E-state index in [-0.39, 0.29) is 11.6 Å². The molecule has 3 aromatic carbocycles. The molecule has 41 heavy (non-hydrogen) atoms. The number of fused-ring (bicyclic) bond motifs is 1. The number of aromatic nitrogens is 5. The number of benzene rings is 3. The third-order valence-corrected chi connectivity index (χ3v) is 7.97. The van der Waals surface area contributed by atoms with Crippen LogP contribution < -0.4 is 10.3 Å². The second-order valence-corrected chi connectivity index (χ2v) is 10.9. The van der Waals surface area contributed by atoms with E-state index in [2.05, 4.69) is 62.7 Å². The van der Waals surface area contributed by atoms with Crippen LogP contribution in [0.1, 0.15) is 72.8 Å². The fraction of sp³-hybridized carbons (Fsp3) is 0.333. The minimum atomic E-state index is -0.467. The predicted octanol–water partition coefficient (Wildman–Crippen LogP) is 6.13. The van der Waals surface area contributed by atoms with Crippen LogP contribution in [-0.2, 0) is 13.1 Å². The standard InChI is InChI=1S/C33H36N6O2/c1-3-41-28-16-14-25(15-17-28)22-38(21-24-9-5-4-6-10-24)31(32-35-36-37-39(32)27-11-7-8-12-27)29-20-26-19-23(2)13-18-30(26)34-33(29)40/h4-6,9-10,13-20,27,31H,3,7-8,11-12,21-22H2,1-2H3,(H,34,40)/t31-/m0/s1. The van der Waals surface area contributed by atoms with Crippen LogP contribution in [0.15, 0.2) is 83.7 Å². The molecule has 2 aromatic heterocycles. The van der Waals surface area contributed by atoms with Crippen LogP contribution in [0.5, 0.6) is 5.75 Å². The average molecular weight is 549 g/mol. The van der Waals surface area contributed by atoms with Gasteiger partial charge < -0.3 is 9.72 Å². The summed E-state index contributed by atoms with van der Waals surface area (Å²) in [7, 11) is 0. The van der Waals surface area contributed by atoms with Crippen molar-refractivity contribution >= 4 is 10.9 Å². The molecule has 2 heterocycles. The first-order valence-electron chi connectivity index (χ1n) is 14.5. The predicted molar refractivity (Wildman–Crippen MR) is 160 cm³/mol. The molecule has 1 atom stereocenters. The molecule has 1 N–H and O–H groups in total. The van der Waals surface area contributed by atoms with E-state index in [1.54, 1.807) is 0 Å². The number of rotatable bonds is 10. The molecule has 210 valence electrons. The highest BCUT2D eigenvalue weighted by atomic mass is 16.5. The quantitative estimate of drug-likeness (QED) is 0.226. The summed E-state index contributed by atoms with van der Waals surface area (Å²) in [6.07, 6.45) is 4.39. The zero-order chi connectivity index (χ0) is 28.2. The summed E-state index contributed by atoms with van der Waals surface area (Å²) in [6, 6.07) is 26.4. The lowest BCUT2D eigenvalue weighted by molar-refractivity contribution is 0.190. The molecule has 8 nitrogen and oxygen atoms in total. The minimum Gasteiger partial charge on any atom is -0.494 e. The molecular formula is C33H36N6O2. The van der Waals surface area contributed by atoms with E-state index in [4.69, 9.17) is 4.74 Å². The zero-order valence-electron chi connectivity index (χ0n) is 23.7. The molecule has 0 unspecified atom stereocenters. The van der Waals surface area contributed by atoms with Gasteiger partial charge in [-0.2, -0.15) is 0 Å². The van der Waals surface area contributed by atoms with Gasteiger partial charge in [-0.25, -0.2) is 4.68 Å². The van der Waals surface area contributed by atoms with E-state index in [1.807, 2.05) is 60.1 Å². The van der Waals surface area contributed by atoms with Crippen LogP contribution in [-0.4, -0.2) is 36.7 Å². The third kappa shape index (κ3) is 5.93. The van der Waals surface area contributed by atoms with Gasteiger partial charge in [0.25, 0.3) is 5.56 Å². The average Bonchev–Trinajstić information content (AvgIpc) is 3.68. The summed E-state index contributed by atoms with van der Waals surface area (Å²) in [6.45, 7) is 5.87. The van der Waals surface area contributed by atoms with Gasteiger partial charge in [-0.1, -0.05) is 66.9 Å². The first-order valence-corrected chi connectivity index (χ1v) is 14.5. The lowest BCUT2D eigenvalue weighted by Crippen LogP contribution is -2.35. The molecule has 1 saturated carbocycles. The molecule has 8 heteroatoms. The van der Waals surface area contributed by atoms with E-state index in [9.17, 15) is 4.79 Å². The number of hydrogen-bond donors (Lipinski definition) is 1. The Bertz CT molecular complexity index is 1660. The van der Waals surface area contributed by atoms with Crippen LogP contribution in [0.3, 0.4) is 0 Å². The number of nitrogens with one attached hydrogen (secondary N) is 1. The number of H-pyrrole nitrogens is 1. The molecule has 1 aliphatic rings. The largest absolute Gasteiger partial charge is 0.494 e. The number of pyridine rings is 1. The Kier molecular flexibility index (Phi) is 7.91. The summed E-state index contributed by atoms with van der Waals surface area (Å²) >= 11 is 0. The number of ether oxygens (including phenoxy) is 1. The molecule has 0 spiro atoms. The van der Waals surface area contributed by atoms with Crippen LogP contribution >= 0.6 is 0 Å². The van der Waals surface area contributed by atoms with E-state index in [1.165, 1.54) is 0 Å². The summed E-state index contributed by atoms with van der Waals surface area (Å²) in [5.41, 5.74) is 4.73. The van der Waals surface area contributed by atoms with Gasteiger partial charge in [0, 0.05) is 24.2 Å². The Balaban J connectivity index is 1.51. The van der Waals surface area contributed by atoms with Gasteiger partial charge >= 0.3 is 0 Å². The molecule has 1 aliphatic carbocycles. The fourth-order valence-corrected chi connectivity index (χ4v) is 5.98. The summed E-state index contributed by atoms with van der Waals surface area (Å²) in [5.74, 6) is 1.55. The highest BCUT2D eigenvalue weighted by Gasteiger charge is 2.33. The van der Waals surface area contributed by atoms with Crippen molar-refractivity contribution in [1.82, 2.24) is 30.1 Å². The first kappa shape index (κ1) is 26.9. The number of tetrazole rings is 1. The number of hydrogen-bond acceptors (Lipinski definition) is 6. The smallest absolute Gasteiger partial charge is 0.253 e. The molecule has 5 aromatic rings. The van der Waals surface area contributed by atoms with Gasteiger partial charge in [0.15, 0.2) is 5.82 Å². The van der Waals surface area contributed by atoms with E-state index >= 15 is 0 Å². The van der Waals surface area contributed by atoms with Crippen molar-refractivity contribution in [2.75, 3.05) is 6.61 Å². The topological polar surface area (TPSA) is 88.9 Å². The number of aryl methyl sites for hydroxylation is 1. The van der Waals surface area contributed by atoms with Crippen molar-refractivity contribution in [3.05, 3.63) is 117 Å². The van der Waals surface area contributed by atoms with Crippen LogP contribution in [0, 0.1) is 6.92 Å². The molecular weight excluding hydrogens is 512 g/mol. The Morgan fingerprint density at radius 1 is 0.976 bits per heavy atom. The molecule has 0 aliphatic heterocycles. The van der Waals surface area contributed by atoms with E-state index < -0.39 is 6.04 Å². The Morgan fingerprint density at radius 3 is 2.44 bits per heavy atom. The molecule has 0 bridgehead atoms. The second-order valence-electron chi connectivity index (χ2n) is 10.9. The summed E-state index contributed by atoms with van der Waals surface area (Å²) < 4.78 is 7.67. The van der Waals surface area contributed by atoms with Gasteiger partial charge in [-0.05, 0) is 84.0 Å². The van der Waals surface area contributed by atoms with Crippen molar-refractivity contribution in [2.45, 2.75) is 64.7 Å². The van der Waals surface area contributed by atoms with Gasteiger partial charge in [0.05, 0.1) is 12.6 Å². The Labute approximate surface area is 240 Å². The summed E-state index contributed by atoms with van der Waals surface area (Å²) in [5, 5.41) is 14.2. The normalized spacial score (nSPS) is 14.6. The molecule has 1 fully saturated rings. The van der Waals surface area contributed by atoms with Crippen molar-refractivity contribution in [1.29, 1.82) is 0 Å². The zero-order valence-corrected chi connectivity index (χ0v) is 23.7. The van der Waals surface area contributed by atoms with Gasteiger partial charge in [-0.3, -0.25) is 9.69 Å². The van der Waals surface area contributed by atoms with Crippen LogP contribution in [0.25, 0.3) is 10.9 Å². The fourth-order valence-electron chi connectivity index (χ4n) is 5.98. The number of nitrogens with zero attached hydrogens (tertiary/aromatic N) is 5. The van der Waals surface area contributed by atoms with Crippen molar-refractivity contribution in [2.24, 2.45) is 0 Å². The third-order valence-electron chi connectivity index (χ3n) is 7.97. The Hall–Kier alpha value is -4.30. The summed E-state index contributed by atoms with van der Waals surface area (Å²) in [4.78, 5) is 19.3. The highest BCUT2D eigenvalue weighted by Crippen LogP contribution is 2.35. The number of aromatic amines is 1. The highest BCUT2D eigenvalue weighted by molar-refractivity contribution is 5.79. The van der Waals surface area contributed by atoms with Gasteiger partial charge in [0.2, 0.25) is 0 Å². The van der Waals surface area contributed by atoms with Crippen LogP contribution in [0.2, 0.25) is 0 Å². The van der Waals surface area contributed by atoms with Gasteiger partial charge in [-0.15, -0.1) is 5.10 Å². The maximum Gasteiger partial charge on any atom is 0.253 e. The lowest BCUT2D eigenvalue weighted by atomic mass is 10.0. The SMILES string of the molecule is CCOc1ccc(CN(Cc2ccccc2)[C@@H](c2cc3cc(C)ccc3[nH]c2=O)c2nnnn2C2CCCC2)cc1. The van der Waals surface area contributed by atoms with Crippen molar-refractivity contribution < 1.29 is 4.74 Å². The van der Waals surface area contributed by atoms with E-state index in [0.29, 0.717) is 31.1 Å². The lowest BCUT2D eigenvalue weighted by Gasteiger charge is -2.32.